The molecule has 3 amide bonds. The summed E-state index contributed by atoms with van der Waals surface area (Å²) < 4.78 is 0. The summed E-state index contributed by atoms with van der Waals surface area (Å²) in [6, 6.07) is 0.111. The predicted molar refractivity (Wildman–Crippen MR) is 75.8 cm³/mol. The lowest BCUT2D eigenvalue weighted by molar-refractivity contribution is -0.137. The van der Waals surface area contributed by atoms with Gasteiger partial charge in [-0.25, -0.2) is 4.79 Å². The van der Waals surface area contributed by atoms with Crippen molar-refractivity contribution in [2.75, 3.05) is 26.2 Å². The smallest absolute Gasteiger partial charge is 0.317 e. The summed E-state index contributed by atoms with van der Waals surface area (Å²) in [7, 11) is 0. The van der Waals surface area contributed by atoms with Crippen LogP contribution >= 0.6 is 0 Å². The molecule has 0 aromatic carbocycles. The van der Waals surface area contributed by atoms with Crippen molar-refractivity contribution < 1.29 is 19.5 Å². The lowest BCUT2D eigenvalue weighted by Gasteiger charge is -2.37. The minimum absolute atomic E-state index is 0.0766. The SMILES string of the molecule is O=C(O)CCCCCNC(=O)N1CCN2C(=O)CCC2C1. The molecular formula is C14H23N3O4. The highest BCUT2D eigenvalue weighted by molar-refractivity contribution is 5.80. The fourth-order valence-electron chi connectivity index (χ4n) is 2.93. The van der Waals surface area contributed by atoms with Crippen LogP contribution in [0.1, 0.15) is 38.5 Å². The summed E-state index contributed by atoms with van der Waals surface area (Å²) in [6.07, 6.45) is 3.87. The first-order valence-electron chi connectivity index (χ1n) is 7.62. The quantitative estimate of drug-likeness (QED) is 0.704. The van der Waals surface area contributed by atoms with Crippen LogP contribution in [0.15, 0.2) is 0 Å². The predicted octanol–water partition coefficient (Wildman–Crippen LogP) is 0.648. The number of unbranched alkanes of at least 4 members (excludes halogenated alkanes) is 2. The lowest BCUT2D eigenvalue weighted by Crippen LogP contribution is -2.55. The Morgan fingerprint density at radius 3 is 2.81 bits per heavy atom. The van der Waals surface area contributed by atoms with Crippen molar-refractivity contribution in [2.24, 2.45) is 0 Å². The molecule has 0 aromatic rings. The maximum Gasteiger partial charge on any atom is 0.317 e. The van der Waals surface area contributed by atoms with Crippen molar-refractivity contribution >= 4 is 17.9 Å². The average molecular weight is 297 g/mol. The second-order valence-corrected chi connectivity index (χ2v) is 5.66. The topological polar surface area (TPSA) is 89.9 Å². The van der Waals surface area contributed by atoms with Gasteiger partial charge in [0.15, 0.2) is 0 Å². The largest absolute Gasteiger partial charge is 0.481 e. The number of urea groups is 1. The molecule has 0 radical (unpaired) electrons. The zero-order valence-corrected chi connectivity index (χ0v) is 12.2. The fourth-order valence-corrected chi connectivity index (χ4v) is 2.93. The van der Waals surface area contributed by atoms with Gasteiger partial charge < -0.3 is 20.2 Å². The van der Waals surface area contributed by atoms with Gasteiger partial charge >= 0.3 is 12.0 Å². The maximum atomic E-state index is 12.0. The summed E-state index contributed by atoms with van der Waals surface area (Å²) in [5.41, 5.74) is 0. The van der Waals surface area contributed by atoms with Gasteiger partial charge in [-0.15, -0.1) is 0 Å². The zero-order valence-electron chi connectivity index (χ0n) is 12.2. The van der Waals surface area contributed by atoms with Gasteiger partial charge in [-0.1, -0.05) is 6.42 Å². The van der Waals surface area contributed by atoms with Crippen LogP contribution in [0.2, 0.25) is 0 Å². The third-order valence-corrected chi connectivity index (χ3v) is 4.13. The normalized spacial score (nSPS) is 21.3. The molecule has 0 spiro atoms. The van der Waals surface area contributed by atoms with Crippen molar-refractivity contribution in [1.29, 1.82) is 0 Å². The molecule has 118 valence electrons. The van der Waals surface area contributed by atoms with Crippen LogP contribution in [-0.2, 0) is 9.59 Å². The van der Waals surface area contributed by atoms with Gasteiger partial charge in [-0.3, -0.25) is 9.59 Å². The average Bonchev–Trinajstić information content (AvgIpc) is 2.83. The molecule has 2 heterocycles. The number of fused-ring (bicyclic) bond motifs is 1. The second kappa shape index (κ2) is 7.28. The molecular weight excluding hydrogens is 274 g/mol. The molecule has 7 heteroatoms. The highest BCUT2D eigenvalue weighted by Crippen LogP contribution is 2.22. The first-order valence-corrected chi connectivity index (χ1v) is 7.62. The summed E-state index contributed by atoms with van der Waals surface area (Å²) in [5, 5.41) is 11.4. The molecule has 0 aliphatic carbocycles. The van der Waals surface area contributed by atoms with Gasteiger partial charge in [-0.2, -0.15) is 0 Å². The molecule has 2 fully saturated rings. The minimum atomic E-state index is -0.775. The second-order valence-electron chi connectivity index (χ2n) is 5.66. The zero-order chi connectivity index (χ0) is 15.2. The van der Waals surface area contributed by atoms with Crippen LogP contribution < -0.4 is 5.32 Å². The molecule has 7 nitrogen and oxygen atoms in total. The number of piperazine rings is 1. The number of amides is 3. The molecule has 2 rings (SSSR count). The van der Waals surface area contributed by atoms with Crippen LogP contribution in [-0.4, -0.2) is 65.0 Å². The van der Waals surface area contributed by atoms with Gasteiger partial charge in [0.05, 0.1) is 0 Å². The fraction of sp³-hybridized carbons (Fsp3) is 0.786. The Morgan fingerprint density at radius 2 is 2.05 bits per heavy atom. The first kappa shape index (κ1) is 15.6. The van der Waals surface area contributed by atoms with Crippen molar-refractivity contribution in [3.05, 3.63) is 0 Å². The van der Waals surface area contributed by atoms with Gasteiger partial charge in [0.25, 0.3) is 0 Å². The van der Waals surface area contributed by atoms with E-state index in [1.54, 1.807) is 4.90 Å². The van der Waals surface area contributed by atoms with E-state index in [4.69, 9.17) is 5.11 Å². The summed E-state index contributed by atoms with van der Waals surface area (Å²) >= 11 is 0. The minimum Gasteiger partial charge on any atom is -0.481 e. The van der Waals surface area contributed by atoms with Gasteiger partial charge in [0.2, 0.25) is 5.91 Å². The number of nitrogens with one attached hydrogen (secondary N) is 1. The summed E-state index contributed by atoms with van der Waals surface area (Å²) in [6.45, 7) is 2.42. The van der Waals surface area contributed by atoms with E-state index >= 15 is 0 Å². The Morgan fingerprint density at radius 1 is 1.24 bits per heavy atom. The highest BCUT2D eigenvalue weighted by Gasteiger charge is 2.36. The molecule has 2 N–H and O–H groups in total. The van der Waals surface area contributed by atoms with Crippen LogP contribution in [0, 0.1) is 0 Å². The van der Waals surface area contributed by atoms with Gasteiger partial charge in [0.1, 0.15) is 0 Å². The lowest BCUT2D eigenvalue weighted by atomic mass is 10.1. The van der Waals surface area contributed by atoms with E-state index in [1.807, 2.05) is 4.90 Å². The summed E-state index contributed by atoms with van der Waals surface area (Å²) in [4.78, 5) is 37.6. The number of rotatable bonds is 6. The molecule has 0 saturated carbocycles. The third kappa shape index (κ3) is 4.34. The van der Waals surface area contributed by atoms with Crippen LogP contribution in [0.4, 0.5) is 4.79 Å². The summed E-state index contributed by atoms with van der Waals surface area (Å²) in [5.74, 6) is -0.568. The molecule has 1 atom stereocenters. The Labute approximate surface area is 124 Å². The van der Waals surface area contributed by atoms with Crippen molar-refractivity contribution in [3.8, 4) is 0 Å². The third-order valence-electron chi connectivity index (χ3n) is 4.13. The molecule has 21 heavy (non-hydrogen) atoms. The molecule has 0 bridgehead atoms. The Bertz CT molecular complexity index is 413. The molecule has 2 aliphatic heterocycles. The number of carboxylic acids is 1. The van der Waals surface area contributed by atoms with Crippen molar-refractivity contribution in [1.82, 2.24) is 15.1 Å². The highest BCUT2D eigenvalue weighted by atomic mass is 16.4. The number of carbonyl (C=O) groups excluding carboxylic acids is 2. The Balaban J connectivity index is 1.61. The van der Waals surface area contributed by atoms with E-state index in [1.165, 1.54) is 0 Å². The van der Waals surface area contributed by atoms with Crippen molar-refractivity contribution in [2.45, 2.75) is 44.6 Å². The maximum absolute atomic E-state index is 12.0. The van der Waals surface area contributed by atoms with Crippen molar-refractivity contribution in [3.63, 3.8) is 0 Å². The van der Waals surface area contributed by atoms with Crippen LogP contribution in [0.3, 0.4) is 0 Å². The van der Waals surface area contributed by atoms with E-state index in [0.717, 1.165) is 19.3 Å². The number of carbonyl (C=O) groups is 3. The van der Waals surface area contributed by atoms with E-state index in [2.05, 4.69) is 5.32 Å². The van der Waals surface area contributed by atoms with E-state index < -0.39 is 5.97 Å². The molecule has 1 unspecified atom stereocenters. The molecule has 2 aliphatic rings. The number of aliphatic carboxylic acids is 1. The van der Waals surface area contributed by atoms with Crippen LogP contribution in [0.25, 0.3) is 0 Å². The number of hydrogen-bond acceptors (Lipinski definition) is 3. The molecule has 0 aromatic heterocycles. The van der Waals surface area contributed by atoms with E-state index in [9.17, 15) is 14.4 Å². The molecule has 2 saturated heterocycles. The van der Waals surface area contributed by atoms with Crippen LogP contribution in [0.5, 0.6) is 0 Å². The monoisotopic (exact) mass is 297 g/mol. The number of carboxylic acid groups (broad SMARTS) is 1. The van der Waals surface area contributed by atoms with Gasteiger partial charge in [0, 0.05) is 45.1 Å². The van der Waals surface area contributed by atoms with E-state index in [-0.39, 0.29) is 24.4 Å². The Hall–Kier alpha value is -1.79. The first-order chi connectivity index (χ1) is 10.1. The number of hydrogen-bond donors (Lipinski definition) is 2. The van der Waals surface area contributed by atoms with Gasteiger partial charge in [-0.05, 0) is 19.3 Å². The Kier molecular flexibility index (Phi) is 5.41. The number of nitrogens with zero attached hydrogens (tertiary/aromatic N) is 2. The van der Waals surface area contributed by atoms with E-state index in [0.29, 0.717) is 39.0 Å². The standard InChI is InChI=1S/C14H23N3O4/c18-12-6-5-11-10-16(8-9-17(11)12)14(21)15-7-3-1-2-4-13(19)20/h11H,1-10H2,(H,15,21)(H,19,20).